The van der Waals surface area contributed by atoms with Crippen molar-refractivity contribution in [3.05, 3.63) is 40.4 Å². The molecule has 0 unspecified atom stereocenters. The van der Waals surface area contributed by atoms with Gasteiger partial charge in [-0.1, -0.05) is 35.3 Å². The molecule has 0 saturated carbocycles. The number of benzene rings is 1. The Labute approximate surface area is 111 Å². The second kappa shape index (κ2) is 7.36. The lowest BCUT2D eigenvalue weighted by molar-refractivity contribution is -0.116. The number of carbonyl (C=O) groups excluding carboxylic acids is 1. The highest BCUT2D eigenvalue weighted by molar-refractivity contribution is 6.36. The summed E-state index contributed by atoms with van der Waals surface area (Å²) < 4.78 is 5.39. The van der Waals surface area contributed by atoms with Crippen LogP contribution >= 0.6 is 23.2 Å². The first-order valence-corrected chi connectivity index (χ1v) is 6.09. The van der Waals surface area contributed by atoms with Crippen LogP contribution in [0.15, 0.2) is 34.8 Å². The molecule has 0 aliphatic rings. The van der Waals surface area contributed by atoms with Gasteiger partial charge in [0.2, 0.25) is 0 Å². The smallest absolute Gasteiger partial charge is 0.130 e. The van der Waals surface area contributed by atoms with Crippen molar-refractivity contribution in [2.24, 2.45) is 0 Å². The van der Waals surface area contributed by atoms with Gasteiger partial charge < -0.3 is 9.53 Å². The van der Waals surface area contributed by atoms with Gasteiger partial charge in [0.25, 0.3) is 0 Å². The van der Waals surface area contributed by atoms with E-state index in [1.807, 2.05) is 24.3 Å². The fourth-order valence-electron chi connectivity index (χ4n) is 1.26. The van der Waals surface area contributed by atoms with Gasteiger partial charge in [-0.3, -0.25) is 0 Å². The van der Waals surface area contributed by atoms with Crippen molar-refractivity contribution >= 4 is 29.0 Å². The monoisotopic (exact) mass is 272 g/mol. The topological polar surface area (TPSA) is 26.3 Å². The SMILES string of the molecule is CC(=O)CCc1ccc(OCC(Cl)=CCl)cc1. The van der Waals surface area contributed by atoms with Crippen LogP contribution in [0.3, 0.4) is 0 Å². The molecule has 0 amide bonds. The number of carbonyl (C=O) groups is 1. The summed E-state index contributed by atoms with van der Waals surface area (Å²) in [5, 5.41) is 0.451. The van der Waals surface area contributed by atoms with Crippen molar-refractivity contribution in [3.8, 4) is 5.75 Å². The molecule has 1 aromatic rings. The minimum Gasteiger partial charge on any atom is -0.488 e. The molecule has 0 aliphatic heterocycles. The van der Waals surface area contributed by atoms with Gasteiger partial charge in [-0.25, -0.2) is 0 Å². The number of ether oxygens (including phenoxy) is 1. The van der Waals surface area contributed by atoms with Crippen molar-refractivity contribution in [3.63, 3.8) is 0 Å². The molecule has 0 saturated heterocycles. The first-order valence-electron chi connectivity index (χ1n) is 5.27. The summed E-state index contributed by atoms with van der Waals surface area (Å²) in [4.78, 5) is 10.8. The highest BCUT2D eigenvalue weighted by atomic mass is 35.5. The molecule has 0 atom stereocenters. The summed E-state index contributed by atoms with van der Waals surface area (Å²) in [5.41, 5.74) is 2.40. The van der Waals surface area contributed by atoms with Gasteiger partial charge in [0.05, 0.1) is 5.03 Å². The standard InChI is InChI=1S/C13H14Cl2O2/c1-10(16)2-3-11-4-6-13(7-5-11)17-9-12(15)8-14/h4-8H,2-3,9H2,1H3. The minimum atomic E-state index is 0.198. The van der Waals surface area contributed by atoms with Gasteiger partial charge in [-0.05, 0) is 31.0 Å². The van der Waals surface area contributed by atoms with Crippen LogP contribution in [0.1, 0.15) is 18.9 Å². The van der Waals surface area contributed by atoms with Gasteiger partial charge in [-0.15, -0.1) is 0 Å². The Balaban J connectivity index is 2.47. The number of rotatable bonds is 6. The van der Waals surface area contributed by atoms with Crippen molar-refractivity contribution in [1.82, 2.24) is 0 Å². The average Bonchev–Trinajstić information content (AvgIpc) is 2.34. The van der Waals surface area contributed by atoms with Crippen LogP contribution in [-0.4, -0.2) is 12.4 Å². The third-order valence-electron chi connectivity index (χ3n) is 2.18. The highest BCUT2D eigenvalue weighted by Crippen LogP contribution is 2.15. The average molecular weight is 273 g/mol. The van der Waals surface area contributed by atoms with E-state index in [4.69, 9.17) is 27.9 Å². The fraction of sp³-hybridized carbons (Fsp3) is 0.308. The molecule has 4 heteroatoms. The lowest BCUT2D eigenvalue weighted by Gasteiger charge is -2.06. The Kier molecular flexibility index (Phi) is 6.09. The zero-order valence-corrected chi connectivity index (χ0v) is 11.1. The molecule has 0 spiro atoms. The molecule has 0 aliphatic carbocycles. The van der Waals surface area contributed by atoms with Crippen LogP contribution in [0.25, 0.3) is 0 Å². The van der Waals surface area contributed by atoms with Gasteiger partial charge in [0.15, 0.2) is 0 Å². The van der Waals surface area contributed by atoms with Gasteiger partial charge in [-0.2, -0.15) is 0 Å². The maximum Gasteiger partial charge on any atom is 0.130 e. The summed E-state index contributed by atoms with van der Waals surface area (Å²) in [6.07, 6.45) is 1.33. The Morgan fingerprint density at radius 1 is 1.35 bits per heavy atom. The number of hydrogen-bond donors (Lipinski definition) is 0. The Hall–Kier alpha value is -0.990. The third-order valence-corrected chi connectivity index (χ3v) is 2.78. The number of aryl methyl sites for hydroxylation is 1. The van der Waals surface area contributed by atoms with Gasteiger partial charge in [0, 0.05) is 12.0 Å². The summed E-state index contributed by atoms with van der Waals surface area (Å²) >= 11 is 11.1. The molecule has 0 N–H and O–H groups in total. The summed E-state index contributed by atoms with van der Waals surface area (Å²) in [7, 11) is 0. The molecular weight excluding hydrogens is 259 g/mol. The van der Waals surface area contributed by atoms with Crippen molar-refractivity contribution in [2.45, 2.75) is 19.8 Å². The van der Waals surface area contributed by atoms with Crippen LogP contribution in [0.5, 0.6) is 5.75 Å². The van der Waals surface area contributed by atoms with E-state index in [0.717, 1.165) is 17.7 Å². The van der Waals surface area contributed by atoms with E-state index in [9.17, 15) is 4.79 Å². The zero-order chi connectivity index (χ0) is 12.7. The number of hydrogen-bond acceptors (Lipinski definition) is 2. The zero-order valence-electron chi connectivity index (χ0n) is 9.58. The van der Waals surface area contributed by atoms with E-state index < -0.39 is 0 Å². The highest BCUT2D eigenvalue weighted by Gasteiger charge is 1.99. The third kappa shape index (κ3) is 5.76. The van der Waals surface area contributed by atoms with E-state index in [-0.39, 0.29) is 12.4 Å². The first-order chi connectivity index (χ1) is 8.11. The maximum atomic E-state index is 10.8. The number of Topliss-reactive ketones (excluding diaryl/α,β-unsaturated/α-hetero) is 1. The van der Waals surface area contributed by atoms with Crippen LogP contribution < -0.4 is 4.74 Å². The van der Waals surface area contributed by atoms with Crippen molar-refractivity contribution in [1.29, 1.82) is 0 Å². The predicted molar refractivity (Wildman–Crippen MR) is 70.7 cm³/mol. The molecule has 2 nitrogen and oxygen atoms in total. The van der Waals surface area contributed by atoms with E-state index in [2.05, 4.69) is 0 Å². The molecule has 1 rings (SSSR count). The Morgan fingerprint density at radius 3 is 2.53 bits per heavy atom. The second-order valence-corrected chi connectivity index (χ2v) is 4.39. The second-order valence-electron chi connectivity index (χ2n) is 3.69. The van der Waals surface area contributed by atoms with E-state index in [1.54, 1.807) is 6.92 Å². The predicted octanol–water partition coefficient (Wildman–Crippen LogP) is 3.91. The number of halogens is 2. The molecule has 17 heavy (non-hydrogen) atoms. The minimum absolute atomic E-state index is 0.198. The quantitative estimate of drug-likeness (QED) is 0.785. The Morgan fingerprint density at radius 2 is 2.00 bits per heavy atom. The fourth-order valence-corrected chi connectivity index (χ4v) is 1.37. The van der Waals surface area contributed by atoms with Crippen molar-refractivity contribution in [2.75, 3.05) is 6.61 Å². The molecule has 0 fully saturated rings. The Bertz CT molecular complexity index is 396. The van der Waals surface area contributed by atoms with E-state index in [0.29, 0.717) is 11.5 Å². The first kappa shape index (κ1) is 14.1. The lowest BCUT2D eigenvalue weighted by atomic mass is 10.1. The van der Waals surface area contributed by atoms with Crippen LogP contribution in [-0.2, 0) is 11.2 Å². The molecule has 0 aromatic heterocycles. The van der Waals surface area contributed by atoms with Crippen LogP contribution in [0, 0.1) is 0 Å². The molecule has 0 bridgehead atoms. The normalized spacial score (nSPS) is 11.4. The van der Waals surface area contributed by atoms with Crippen LogP contribution in [0.4, 0.5) is 0 Å². The summed E-state index contributed by atoms with van der Waals surface area (Å²) in [6, 6.07) is 7.59. The van der Waals surface area contributed by atoms with E-state index in [1.165, 1.54) is 5.54 Å². The van der Waals surface area contributed by atoms with E-state index >= 15 is 0 Å². The number of ketones is 1. The van der Waals surface area contributed by atoms with Crippen LogP contribution in [0.2, 0.25) is 0 Å². The van der Waals surface area contributed by atoms with Crippen molar-refractivity contribution < 1.29 is 9.53 Å². The maximum absolute atomic E-state index is 10.8. The molecule has 1 aromatic carbocycles. The molecule has 92 valence electrons. The largest absolute Gasteiger partial charge is 0.488 e. The summed E-state index contributed by atoms with van der Waals surface area (Å²) in [6.45, 7) is 1.86. The van der Waals surface area contributed by atoms with Gasteiger partial charge in [0.1, 0.15) is 18.1 Å². The molecular formula is C13H14Cl2O2. The molecule has 0 heterocycles. The lowest BCUT2D eigenvalue weighted by Crippen LogP contribution is -1.97. The van der Waals surface area contributed by atoms with Gasteiger partial charge >= 0.3 is 0 Å². The molecule has 0 radical (unpaired) electrons. The summed E-state index contributed by atoms with van der Waals surface area (Å²) in [5.74, 6) is 0.928.